The first kappa shape index (κ1) is 5.79. The summed E-state index contributed by atoms with van der Waals surface area (Å²) in [6.45, 7) is 3.36. The van der Waals surface area contributed by atoms with Crippen molar-refractivity contribution in [2.45, 2.75) is 24.5 Å². The molecule has 2 heteroatoms. The Labute approximate surface area is 48.5 Å². The zero-order valence-electron chi connectivity index (χ0n) is 4.67. The molecule has 0 bridgehead atoms. The predicted octanol–water partition coefficient (Wildman–Crippen LogP) is 0.0582. The lowest BCUT2D eigenvalue weighted by atomic mass is 10.2. The van der Waals surface area contributed by atoms with Gasteiger partial charge >= 0.3 is 0 Å². The van der Waals surface area contributed by atoms with E-state index in [4.69, 9.17) is 10.2 Å². The lowest BCUT2D eigenvalue weighted by Crippen LogP contribution is -2.24. The smallest absolute Gasteiger partial charge is 0.100 e. The standard InChI is InChI=1S/C6H10O2/c1-2-5(7)6(8)3-4-6/h2,5,7-8H,1,3-4H2. The summed E-state index contributed by atoms with van der Waals surface area (Å²) in [6, 6.07) is 0. The normalized spacial score (nSPS) is 26.8. The van der Waals surface area contributed by atoms with Gasteiger partial charge in [-0.15, -0.1) is 6.58 Å². The van der Waals surface area contributed by atoms with Crippen LogP contribution in [0.4, 0.5) is 0 Å². The van der Waals surface area contributed by atoms with Gasteiger partial charge in [-0.05, 0) is 12.8 Å². The van der Waals surface area contributed by atoms with Gasteiger partial charge in [-0.25, -0.2) is 0 Å². The molecule has 0 aromatic heterocycles. The van der Waals surface area contributed by atoms with Gasteiger partial charge in [0, 0.05) is 0 Å². The van der Waals surface area contributed by atoms with E-state index in [1.807, 2.05) is 0 Å². The van der Waals surface area contributed by atoms with Gasteiger partial charge in [-0.3, -0.25) is 0 Å². The molecular weight excluding hydrogens is 104 g/mol. The molecule has 0 radical (unpaired) electrons. The lowest BCUT2D eigenvalue weighted by Gasteiger charge is -2.09. The molecule has 0 spiro atoms. The third kappa shape index (κ3) is 0.767. The highest BCUT2D eigenvalue weighted by Gasteiger charge is 2.45. The molecule has 1 unspecified atom stereocenters. The predicted molar refractivity (Wildman–Crippen MR) is 30.4 cm³/mol. The fraction of sp³-hybridized carbons (Fsp3) is 0.667. The van der Waals surface area contributed by atoms with E-state index in [1.54, 1.807) is 0 Å². The highest BCUT2D eigenvalue weighted by atomic mass is 16.3. The summed E-state index contributed by atoms with van der Waals surface area (Å²) in [6.07, 6.45) is 2.07. The molecule has 1 fully saturated rings. The van der Waals surface area contributed by atoms with Crippen LogP contribution in [0.3, 0.4) is 0 Å². The SMILES string of the molecule is C=CC(O)C1(O)CC1. The van der Waals surface area contributed by atoms with Gasteiger partial charge in [0.2, 0.25) is 0 Å². The number of rotatable bonds is 2. The second-order valence-electron chi connectivity index (χ2n) is 2.28. The summed E-state index contributed by atoms with van der Waals surface area (Å²) in [7, 11) is 0. The van der Waals surface area contributed by atoms with Crippen LogP contribution in [0.1, 0.15) is 12.8 Å². The molecule has 0 aromatic carbocycles. The molecule has 0 aliphatic heterocycles. The Morgan fingerprint density at radius 1 is 1.62 bits per heavy atom. The van der Waals surface area contributed by atoms with Crippen LogP contribution < -0.4 is 0 Å². The van der Waals surface area contributed by atoms with Crippen molar-refractivity contribution in [3.63, 3.8) is 0 Å². The van der Waals surface area contributed by atoms with E-state index in [0.717, 1.165) is 0 Å². The minimum atomic E-state index is -0.804. The first-order valence-electron chi connectivity index (χ1n) is 2.72. The fourth-order valence-corrected chi connectivity index (χ4v) is 0.643. The van der Waals surface area contributed by atoms with Crippen molar-refractivity contribution in [1.82, 2.24) is 0 Å². The highest BCUT2D eigenvalue weighted by Crippen LogP contribution is 2.38. The molecule has 0 saturated heterocycles. The number of aliphatic hydroxyl groups excluding tert-OH is 1. The summed E-state index contributed by atoms with van der Waals surface area (Å²) >= 11 is 0. The molecule has 2 N–H and O–H groups in total. The minimum Gasteiger partial charge on any atom is -0.387 e. The van der Waals surface area contributed by atoms with Gasteiger partial charge in [-0.2, -0.15) is 0 Å². The summed E-state index contributed by atoms with van der Waals surface area (Å²) in [5.41, 5.74) is -0.804. The van der Waals surface area contributed by atoms with E-state index >= 15 is 0 Å². The second kappa shape index (κ2) is 1.57. The largest absolute Gasteiger partial charge is 0.387 e. The molecule has 8 heavy (non-hydrogen) atoms. The van der Waals surface area contributed by atoms with Crippen molar-refractivity contribution in [2.75, 3.05) is 0 Å². The van der Waals surface area contributed by atoms with E-state index in [9.17, 15) is 0 Å². The fourth-order valence-electron chi connectivity index (χ4n) is 0.643. The van der Waals surface area contributed by atoms with Crippen LogP contribution in [0.2, 0.25) is 0 Å². The Bertz CT molecular complexity index is 105. The van der Waals surface area contributed by atoms with Crippen molar-refractivity contribution >= 4 is 0 Å². The second-order valence-corrected chi connectivity index (χ2v) is 2.28. The van der Waals surface area contributed by atoms with Crippen molar-refractivity contribution in [2.24, 2.45) is 0 Å². The molecule has 0 heterocycles. The molecule has 1 saturated carbocycles. The quantitative estimate of drug-likeness (QED) is 0.498. The van der Waals surface area contributed by atoms with Crippen LogP contribution in [0.5, 0.6) is 0 Å². The average Bonchev–Trinajstić information content (AvgIpc) is 2.47. The molecular formula is C6H10O2. The van der Waals surface area contributed by atoms with Crippen molar-refractivity contribution < 1.29 is 10.2 Å². The van der Waals surface area contributed by atoms with E-state index in [1.165, 1.54) is 6.08 Å². The lowest BCUT2D eigenvalue weighted by molar-refractivity contribution is 0.0284. The Kier molecular flexibility index (Phi) is 1.14. The Balaban J connectivity index is 2.45. The molecule has 1 atom stereocenters. The van der Waals surface area contributed by atoms with E-state index in [0.29, 0.717) is 12.8 Å². The maximum absolute atomic E-state index is 9.08. The van der Waals surface area contributed by atoms with Gasteiger partial charge in [0.15, 0.2) is 0 Å². The first-order valence-corrected chi connectivity index (χ1v) is 2.72. The van der Waals surface area contributed by atoms with Crippen molar-refractivity contribution in [1.29, 1.82) is 0 Å². The molecule has 46 valence electrons. The summed E-state index contributed by atoms with van der Waals surface area (Å²) in [4.78, 5) is 0. The van der Waals surface area contributed by atoms with Crippen LogP contribution in [0.25, 0.3) is 0 Å². The Hall–Kier alpha value is -0.340. The number of aliphatic hydroxyl groups is 2. The van der Waals surface area contributed by atoms with Crippen molar-refractivity contribution in [3.8, 4) is 0 Å². The maximum Gasteiger partial charge on any atom is 0.100 e. The molecule has 1 aliphatic rings. The first-order chi connectivity index (χ1) is 3.69. The minimum absolute atomic E-state index is 0.709. The molecule has 0 amide bonds. The van der Waals surface area contributed by atoms with Crippen LogP contribution in [0.15, 0.2) is 12.7 Å². The topological polar surface area (TPSA) is 40.5 Å². The van der Waals surface area contributed by atoms with E-state index in [-0.39, 0.29) is 0 Å². The van der Waals surface area contributed by atoms with Gasteiger partial charge in [0.1, 0.15) is 6.10 Å². The van der Waals surface area contributed by atoms with Crippen LogP contribution in [-0.4, -0.2) is 21.9 Å². The molecule has 1 rings (SSSR count). The van der Waals surface area contributed by atoms with Crippen molar-refractivity contribution in [3.05, 3.63) is 12.7 Å². The third-order valence-corrected chi connectivity index (χ3v) is 1.54. The molecule has 1 aliphatic carbocycles. The Morgan fingerprint density at radius 2 is 2.12 bits per heavy atom. The summed E-state index contributed by atoms with van der Waals surface area (Å²) < 4.78 is 0. The highest BCUT2D eigenvalue weighted by molar-refractivity contribution is 5.06. The third-order valence-electron chi connectivity index (χ3n) is 1.54. The van der Waals surface area contributed by atoms with Gasteiger partial charge in [0.05, 0.1) is 5.60 Å². The van der Waals surface area contributed by atoms with Crippen LogP contribution >= 0.6 is 0 Å². The van der Waals surface area contributed by atoms with Gasteiger partial charge in [0.25, 0.3) is 0 Å². The van der Waals surface area contributed by atoms with E-state index in [2.05, 4.69) is 6.58 Å². The number of hydrogen-bond acceptors (Lipinski definition) is 2. The average molecular weight is 114 g/mol. The molecule has 0 aromatic rings. The monoisotopic (exact) mass is 114 g/mol. The summed E-state index contributed by atoms with van der Waals surface area (Å²) in [5.74, 6) is 0. The van der Waals surface area contributed by atoms with Gasteiger partial charge < -0.3 is 10.2 Å². The van der Waals surface area contributed by atoms with Gasteiger partial charge in [-0.1, -0.05) is 6.08 Å². The molecule has 2 nitrogen and oxygen atoms in total. The zero-order chi connectivity index (χ0) is 6.20. The summed E-state index contributed by atoms with van der Waals surface area (Å²) in [5, 5.41) is 18.0. The van der Waals surface area contributed by atoms with Crippen LogP contribution in [-0.2, 0) is 0 Å². The zero-order valence-corrected chi connectivity index (χ0v) is 4.67. The number of hydrogen-bond donors (Lipinski definition) is 2. The maximum atomic E-state index is 9.08. The Morgan fingerprint density at radius 3 is 2.25 bits per heavy atom. The van der Waals surface area contributed by atoms with Crippen LogP contribution in [0, 0.1) is 0 Å². The van der Waals surface area contributed by atoms with E-state index < -0.39 is 11.7 Å².